The molecule has 0 heterocycles. The summed E-state index contributed by atoms with van der Waals surface area (Å²) < 4.78 is 0. The summed E-state index contributed by atoms with van der Waals surface area (Å²) in [5.74, 6) is 2.75. The third-order valence-electron chi connectivity index (χ3n) is 4.45. The molecule has 0 saturated heterocycles. The van der Waals surface area contributed by atoms with Crippen molar-refractivity contribution >= 4 is 0 Å². The quantitative estimate of drug-likeness (QED) is 0.545. The number of hydrogen-bond acceptors (Lipinski definition) is 0. The average molecular weight is 208 g/mol. The highest BCUT2D eigenvalue weighted by molar-refractivity contribution is 5.27. The van der Waals surface area contributed by atoms with Gasteiger partial charge in [0.15, 0.2) is 0 Å². The van der Waals surface area contributed by atoms with Crippen LogP contribution in [0.15, 0.2) is 11.1 Å². The van der Waals surface area contributed by atoms with Gasteiger partial charge in [-0.3, -0.25) is 0 Å². The summed E-state index contributed by atoms with van der Waals surface area (Å²) in [7, 11) is 0. The average Bonchev–Trinajstić information content (AvgIpc) is 2.59. The van der Waals surface area contributed by atoms with Crippen LogP contribution in [0.3, 0.4) is 0 Å². The maximum absolute atomic E-state index is 2.38. The van der Waals surface area contributed by atoms with Crippen LogP contribution in [0.1, 0.15) is 66.7 Å². The first-order valence-corrected chi connectivity index (χ1v) is 6.96. The molecule has 0 aromatic rings. The van der Waals surface area contributed by atoms with Crippen LogP contribution in [0, 0.1) is 17.8 Å². The van der Waals surface area contributed by atoms with E-state index in [9.17, 15) is 0 Å². The first-order chi connectivity index (χ1) is 7.24. The summed E-state index contributed by atoms with van der Waals surface area (Å²) in [6, 6.07) is 0. The molecule has 15 heavy (non-hydrogen) atoms. The van der Waals surface area contributed by atoms with Gasteiger partial charge in [0.25, 0.3) is 0 Å². The third-order valence-corrected chi connectivity index (χ3v) is 4.45. The first kappa shape index (κ1) is 12.8. The number of hydrogen-bond donors (Lipinski definition) is 0. The molecule has 0 bridgehead atoms. The van der Waals surface area contributed by atoms with Gasteiger partial charge in [-0.05, 0) is 43.4 Å². The van der Waals surface area contributed by atoms with E-state index in [4.69, 9.17) is 0 Å². The molecule has 0 radical (unpaired) electrons. The van der Waals surface area contributed by atoms with Crippen LogP contribution in [0.25, 0.3) is 0 Å². The highest BCUT2D eigenvalue weighted by atomic mass is 14.4. The molecule has 0 heteroatoms. The van der Waals surface area contributed by atoms with Gasteiger partial charge in [0.05, 0.1) is 0 Å². The molecular weight excluding hydrogens is 180 g/mol. The topological polar surface area (TPSA) is 0 Å². The van der Waals surface area contributed by atoms with E-state index in [2.05, 4.69) is 34.6 Å². The minimum absolute atomic E-state index is 0.903. The van der Waals surface area contributed by atoms with E-state index in [0.717, 1.165) is 17.8 Å². The van der Waals surface area contributed by atoms with Gasteiger partial charge in [-0.25, -0.2) is 0 Å². The Morgan fingerprint density at radius 3 is 1.27 bits per heavy atom. The van der Waals surface area contributed by atoms with Gasteiger partial charge < -0.3 is 0 Å². The Kier molecular flexibility index (Phi) is 4.89. The van der Waals surface area contributed by atoms with Crippen molar-refractivity contribution in [3.63, 3.8) is 0 Å². The molecule has 1 aliphatic carbocycles. The predicted octanol–water partition coefficient (Wildman–Crippen LogP) is 5.20. The van der Waals surface area contributed by atoms with Gasteiger partial charge in [-0.1, -0.05) is 52.2 Å². The Morgan fingerprint density at radius 1 is 0.667 bits per heavy atom. The van der Waals surface area contributed by atoms with Crippen LogP contribution in [-0.2, 0) is 0 Å². The van der Waals surface area contributed by atoms with Crippen molar-refractivity contribution in [1.82, 2.24) is 0 Å². The number of allylic oxidation sites excluding steroid dienone is 2. The lowest BCUT2D eigenvalue weighted by molar-refractivity contribution is 0.294. The van der Waals surface area contributed by atoms with E-state index in [1.807, 2.05) is 11.1 Å². The van der Waals surface area contributed by atoms with Crippen LogP contribution >= 0.6 is 0 Å². The molecule has 2 unspecified atom stereocenters. The third kappa shape index (κ3) is 2.14. The molecule has 0 nitrogen and oxygen atoms in total. The van der Waals surface area contributed by atoms with Crippen molar-refractivity contribution in [3.05, 3.63) is 11.1 Å². The van der Waals surface area contributed by atoms with E-state index >= 15 is 0 Å². The molecular formula is C15H28. The molecule has 88 valence electrons. The lowest BCUT2D eigenvalue weighted by Crippen LogP contribution is -2.16. The van der Waals surface area contributed by atoms with Crippen molar-refractivity contribution in [3.8, 4) is 0 Å². The van der Waals surface area contributed by atoms with Crippen LogP contribution in [0.5, 0.6) is 0 Å². The standard InChI is InChI=1S/C15H28/c1-6-11-12(7-2)14(9-4)15(10-5)13(11)8-3/h11-13H,6-10H2,1-5H3. The summed E-state index contributed by atoms with van der Waals surface area (Å²) in [6.07, 6.45) is 6.64. The summed E-state index contributed by atoms with van der Waals surface area (Å²) in [5.41, 5.74) is 3.64. The lowest BCUT2D eigenvalue weighted by Gasteiger charge is -2.24. The molecule has 0 saturated carbocycles. The summed E-state index contributed by atoms with van der Waals surface area (Å²) in [6.45, 7) is 11.8. The highest BCUT2D eigenvalue weighted by Crippen LogP contribution is 2.48. The molecule has 2 atom stereocenters. The van der Waals surface area contributed by atoms with Crippen LogP contribution in [0.4, 0.5) is 0 Å². The summed E-state index contributed by atoms with van der Waals surface area (Å²) in [4.78, 5) is 0. The molecule has 0 aliphatic heterocycles. The molecule has 0 N–H and O–H groups in total. The lowest BCUT2D eigenvalue weighted by atomic mass is 9.80. The molecule has 0 amide bonds. The highest BCUT2D eigenvalue weighted by Gasteiger charge is 2.37. The largest absolute Gasteiger partial charge is 0.0676 e. The fraction of sp³-hybridized carbons (Fsp3) is 0.867. The van der Waals surface area contributed by atoms with Crippen molar-refractivity contribution in [2.24, 2.45) is 17.8 Å². The monoisotopic (exact) mass is 208 g/mol. The fourth-order valence-electron chi connectivity index (χ4n) is 3.92. The van der Waals surface area contributed by atoms with Crippen molar-refractivity contribution in [1.29, 1.82) is 0 Å². The summed E-state index contributed by atoms with van der Waals surface area (Å²) in [5, 5.41) is 0. The van der Waals surface area contributed by atoms with Crippen molar-refractivity contribution < 1.29 is 0 Å². The Bertz CT molecular complexity index is 202. The fourth-order valence-corrected chi connectivity index (χ4v) is 3.92. The van der Waals surface area contributed by atoms with E-state index in [0.29, 0.717) is 0 Å². The normalized spacial score (nSPS) is 31.4. The van der Waals surface area contributed by atoms with Gasteiger partial charge in [-0.15, -0.1) is 0 Å². The van der Waals surface area contributed by atoms with Crippen molar-refractivity contribution in [2.75, 3.05) is 0 Å². The molecule has 1 rings (SSSR count). The van der Waals surface area contributed by atoms with Gasteiger partial charge in [0.1, 0.15) is 0 Å². The van der Waals surface area contributed by atoms with Crippen LogP contribution < -0.4 is 0 Å². The minimum Gasteiger partial charge on any atom is -0.0676 e. The van der Waals surface area contributed by atoms with E-state index < -0.39 is 0 Å². The van der Waals surface area contributed by atoms with Gasteiger partial charge in [-0.2, -0.15) is 0 Å². The second-order valence-electron chi connectivity index (χ2n) is 4.86. The maximum atomic E-state index is 2.38. The van der Waals surface area contributed by atoms with Crippen LogP contribution in [-0.4, -0.2) is 0 Å². The molecule has 0 aromatic carbocycles. The summed E-state index contributed by atoms with van der Waals surface area (Å²) >= 11 is 0. The number of rotatable bonds is 5. The smallest absolute Gasteiger partial charge is 0.0169 e. The van der Waals surface area contributed by atoms with Gasteiger partial charge in [0, 0.05) is 0 Å². The first-order valence-electron chi connectivity index (χ1n) is 6.96. The Labute approximate surface area is 96.2 Å². The molecule has 0 spiro atoms. The Morgan fingerprint density at radius 2 is 1.07 bits per heavy atom. The second-order valence-corrected chi connectivity index (χ2v) is 4.86. The minimum atomic E-state index is 0.903. The van der Waals surface area contributed by atoms with Gasteiger partial charge >= 0.3 is 0 Å². The second kappa shape index (κ2) is 5.72. The van der Waals surface area contributed by atoms with E-state index in [1.165, 1.54) is 32.1 Å². The Hall–Kier alpha value is -0.260. The van der Waals surface area contributed by atoms with E-state index in [1.54, 1.807) is 0 Å². The zero-order chi connectivity index (χ0) is 11.4. The zero-order valence-corrected chi connectivity index (χ0v) is 11.3. The molecule has 0 aromatic heterocycles. The predicted molar refractivity (Wildman–Crippen MR) is 69.0 cm³/mol. The Balaban J connectivity index is 3.02. The zero-order valence-electron chi connectivity index (χ0n) is 11.3. The van der Waals surface area contributed by atoms with Gasteiger partial charge in [0.2, 0.25) is 0 Å². The molecule has 1 aliphatic rings. The van der Waals surface area contributed by atoms with E-state index in [-0.39, 0.29) is 0 Å². The van der Waals surface area contributed by atoms with Crippen LogP contribution in [0.2, 0.25) is 0 Å². The maximum Gasteiger partial charge on any atom is -0.0169 e. The SMILES string of the molecule is CCC1=C(CC)C(CC)C(CC)C1CC. The molecule has 0 fully saturated rings. The van der Waals surface area contributed by atoms with Crippen molar-refractivity contribution in [2.45, 2.75) is 66.7 Å².